The molecule has 2 aliphatic carbocycles. The van der Waals surface area contributed by atoms with Gasteiger partial charge in [0.1, 0.15) is 13.1 Å². The third-order valence-corrected chi connectivity index (χ3v) is 4.56. The van der Waals surface area contributed by atoms with Crippen LogP contribution < -0.4 is 0 Å². The fraction of sp³-hybridized carbons (Fsp3) is 0.800. The van der Waals surface area contributed by atoms with Crippen molar-refractivity contribution < 1.29 is 4.58 Å². The van der Waals surface area contributed by atoms with Crippen LogP contribution in [-0.2, 0) is 0 Å². The van der Waals surface area contributed by atoms with E-state index in [0.29, 0.717) is 0 Å². The van der Waals surface area contributed by atoms with Gasteiger partial charge in [0.05, 0.1) is 0 Å². The summed E-state index contributed by atoms with van der Waals surface area (Å²) < 4.78 is 2.72. The van der Waals surface area contributed by atoms with E-state index >= 15 is 0 Å². The molecule has 1 heteroatoms. The summed E-state index contributed by atoms with van der Waals surface area (Å²) in [6.07, 6.45) is 14.2. The lowest BCUT2D eigenvalue weighted by molar-refractivity contribution is -0.537. The van der Waals surface area contributed by atoms with Gasteiger partial charge >= 0.3 is 0 Å². The van der Waals surface area contributed by atoms with Gasteiger partial charge in [0, 0.05) is 24.8 Å². The largest absolute Gasteiger partial charge is 0.233 e. The van der Waals surface area contributed by atoms with E-state index in [1.807, 2.05) is 5.57 Å². The van der Waals surface area contributed by atoms with Crippen LogP contribution in [0.1, 0.15) is 64.2 Å². The molecule has 0 aromatic heterocycles. The van der Waals surface area contributed by atoms with Crippen molar-refractivity contribution in [3.8, 4) is 0 Å². The molecule has 1 aliphatic heterocycles. The van der Waals surface area contributed by atoms with E-state index in [1.54, 1.807) is 11.3 Å². The van der Waals surface area contributed by atoms with Crippen LogP contribution in [-0.4, -0.2) is 23.4 Å². The smallest absolute Gasteiger partial charge is 0.179 e. The first-order valence-electron chi connectivity index (χ1n) is 7.27. The van der Waals surface area contributed by atoms with Crippen LogP contribution in [0.15, 0.2) is 11.1 Å². The van der Waals surface area contributed by atoms with E-state index in [0.717, 1.165) is 0 Å². The second-order valence-electron chi connectivity index (χ2n) is 5.64. The predicted molar refractivity (Wildman–Crippen MR) is 68.2 cm³/mol. The lowest BCUT2D eigenvalue weighted by atomic mass is 10.0. The molecule has 16 heavy (non-hydrogen) atoms. The Balaban J connectivity index is 1.90. The normalized spacial score (nSPS) is 27.0. The molecule has 3 rings (SSSR count). The highest BCUT2D eigenvalue weighted by Gasteiger charge is 2.29. The van der Waals surface area contributed by atoms with E-state index in [9.17, 15) is 0 Å². The first kappa shape index (κ1) is 10.6. The number of hydrogen-bond donors (Lipinski definition) is 0. The zero-order valence-corrected chi connectivity index (χ0v) is 10.4. The zero-order valence-electron chi connectivity index (χ0n) is 10.4. The topological polar surface area (TPSA) is 3.01 Å². The molecule has 1 saturated heterocycles. The maximum Gasteiger partial charge on any atom is 0.179 e. The number of piperidine rings is 1. The van der Waals surface area contributed by atoms with Crippen molar-refractivity contribution in [2.24, 2.45) is 0 Å². The second kappa shape index (κ2) is 4.73. The molecule has 0 N–H and O–H groups in total. The van der Waals surface area contributed by atoms with Gasteiger partial charge in [-0.05, 0) is 44.9 Å². The molecule has 2 saturated carbocycles. The van der Waals surface area contributed by atoms with Crippen LogP contribution >= 0.6 is 0 Å². The Morgan fingerprint density at radius 1 is 0.625 bits per heavy atom. The molecule has 0 spiro atoms. The van der Waals surface area contributed by atoms with E-state index < -0.39 is 0 Å². The summed E-state index contributed by atoms with van der Waals surface area (Å²) in [5, 5.41) is 0. The van der Waals surface area contributed by atoms with E-state index in [4.69, 9.17) is 0 Å². The van der Waals surface area contributed by atoms with E-state index in [1.165, 1.54) is 77.3 Å². The Labute approximate surface area is 99.2 Å². The highest BCUT2D eigenvalue weighted by Crippen LogP contribution is 2.34. The summed E-state index contributed by atoms with van der Waals surface area (Å²) >= 11 is 0. The van der Waals surface area contributed by atoms with Gasteiger partial charge in [0.15, 0.2) is 5.71 Å². The van der Waals surface area contributed by atoms with Crippen molar-refractivity contribution in [1.29, 1.82) is 0 Å². The molecule has 0 aromatic carbocycles. The van der Waals surface area contributed by atoms with Crippen LogP contribution in [0.25, 0.3) is 0 Å². The third kappa shape index (κ3) is 1.97. The fourth-order valence-corrected chi connectivity index (χ4v) is 3.72. The Hall–Kier alpha value is -0.590. The maximum atomic E-state index is 2.72. The molecule has 88 valence electrons. The Bertz CT molecular complexity index is 319. The molecule has 0 amide bonds. The number of allylic oxidation sites excluding steroid dienone is 2. The molecule has 3 aliphatic rings. The second-order valence-corrected chi connectivity index (χ2v) is 5.64. The standard InChI is InChI=1S/C15H24N/c1-4-11-16(12-5-1)15-10-6-9-14(15)13-7-2-3-8-13/h1-12H2/q+1. The summed E-state index contributed by atoms with van der Waals surface area (Å²) in [5.41, 5.74) is 5.40. The first-order valence-corrected chi connectivity index (χ1v) is 7.27. The molecule has 1 nitrogen and oxygen atoms in total. The minimum absolute atomic E-state index is 1.34. The van der Waals surface area contributed by atoms with Crippen LogP contribution in [0.3, 0.4) is 0 Å². The van der Waals surface area contributed by atoms with Crippen LogP contribution in [0, 0.1) is 0 Å². The average Bonchev–Trinajstić information content (AvgIpc) is 3.01. The molecule has 0 unspecified atom stereocenters. The number of nitrogens with zero attached hydrogens (tertiary/aromatic N) is 1. The predicted octanol–water partition coefficient (Wildman–Crippen LogP) is 3.68. The average molecular weight is 218 g/mol. The van der Waals surface area contributed by atoms with Crippen LogP contribution in [0.2, 0.25) is 0 Å². The molecular formula is C15H24N+. The van der Waals surface area contributed by atoms with E-state index in [-0.39, 0.29) is 0 Å². The van der Waals surface area contributed by atoms with Crippen LogP contribution in [0.5, 0.6) is 0 Å². The molecular weight excluding hydrogens is 194 g/mol. The van der Waals surface area contributed by atoms with Crippen molar-refractivity contribution in [2.75, 3.05) is 13.1 Å². The van der Waals surface area contributed by atoms with Crippen molar-refractivity contribution in [2.45, 2.75) is 64.2 Å². The third-order valence-electron chi connectivity index (χ3n) is 4.56. The lowest BCUT2D eigenvalue weighted by Gasteiger charge is -2.13. The first-order chi connectivity index (χ1) is 7.95. The van der Waals surface area contributed by atoms with Gasteiger partial charge in [0.25, 0.3) is 0 Å². The number of hydrogen-bond acceptors (Lipinski definition) is 0. The Morgan fingerprint density at radius 3 is 2.12 bits per heavy atom. The van der Waals surface area contributed by atoms with Gasteiger partial charge < -0.3 is 0 Å². The van der Waals surface area contributed by atoms with Gasteiger partial charge in [-0.25, -0.2) is 4.58 Å². The quantitative estimate of drug-likeness (QED) is 0.546. The highest BCUT2D eigenvalue weighted by molar-refractivity contribution is 5.99. The minimum atomic E-state index is 1.34. The van der Waals surface area contributed by atoms with E-state index in [2.05, 4.69) is 4.58 Å². The lowest BCUT2D eigenvalue weighted by Crippen LogP contribution is -2.26. The molecule has 0 bridgehead atoms. The summed E-state index contributed by atoms with van der Waals surface area (Å²) in [5.74, 6) is 0. The van der Waals surface area contributed by atoms with Gasteiger partial charge in [-0.15, -0.1) is 0 Å². The summed E-state index contributed by atoms with van der Waals surface area (Å²) in [6, 6.07) is 0. The van der Waals surface area contributed by atoms with Gasteiger partial charge in [-0.1, -0.05) is 5.57 Å². The summed E-state index contributed by atoms with van der Waals surface area (Å²) in [6.45, 7) is 2.68. The van der Waals surface area contributed by atoms with Crippen molar-refractivity contribution in [3.05, 3.63) is 11.1 Å². The molecule has 0 aromatic rings. The molecule has 1 heterocycles. The molecule has 0 radical (unpaired) electrons. The van der Waals surface area contributed by atoms with Gasteiger partial charge in [-0.3, -0.25) is 0 Å². The summed E-state index contributed by atoms with van der Waals surface area (Å²) in [4.78, 5) is 0. The SMILES string of the molecule is C1CC[N+](=C2CCCC2=C2CCCC2)CC1. The zero-order chi connectivity index (χ0) is 10.8. The molecule has 3 fully saturated rings. The van der Waals surface area contributed by atoms with Gasteiger partial charge in [-0.2, -0.15) is 0 Å². The van der Waals surface area contributed by atoms with Crippen LogP contribution in [0.4, 0.5) is 0 Å². The van der Waals surface area contributed by atoms with Crippen molar-refractivity contribution >= 4 is 5.71 Å². The highest BCUT2D eigenvalue weighted by atomic mass is 15.0. The maximum absolute atomic E-state index is 2.72. The molecule has 0 atom stereocenters. The minimum Gasteiger partial charge on any atom is -0.233 e. The Morgan fingerprint density at radius 2 is 1.38 bits per heavy atom. The number of rotatable bonds is 0. The van der Waals surface area contributed by atoms with Crippen molar-refractivity contribution in [1.82, 2.24) is 0 Å². The fourth-order valence-electron chi connectivity index (χ4n) is 3.72. The summed E-state index contributed by atoms with van der Waals surface area (Å²) in [7, 11) is 0. The van der Waals surface area contributed by atoms with Gasteiger partial charge in [0.2, 0.25) is 0 Å². The Kier molecular flexibility index (Phi) is 3.12. The van der Waals surface area contributed by atoms with Crippen molar-refractivity contribution in [3.63, 3.8) is 0 Å². The monoisotopic (exact) mass is 218 g/mol.